The molecule has 0 saturated carbocycles. The summed E-state index contributed by atoms with van der Waals surface area (Å²) in [5, 5.41) is 0.127. The third-order valence-electron chi connectivity index (χ3n) is 3.69. The molecular formula is C19H25Cl2N. The van der Waals surface area contributed by atoms with E-state index in [1.807, 2.05) is 0 Å². The SMILES string of the molecule is CC(Cl)CN(C(C)C)C(c1ccccc1)c1ccccc1.Cl. The lowest BCUT2D eigenvalue weighted by Crippen LogP contribution is -2.39. The van der Waals surface area contributed by atoms with Crippen LogP contribution in [0.4, 0.5) is 0 Å². The molecule has 0 aliphatic heterocycles. The van der Waals surface area contributed by atoms with Gasteiger partial charge in [0, 0.05) is 18.0 Å². The number of halogens is 2. The first-order chi connectivity index (χ1) is 10.1. The highest BCUT2D eigenvalue weighted by Crippen LogP contribution is 2.30. The largest absolute Gasteiger partial charge is 0.288 e. The Bertz CT molecular complexity index is 486. The van der Waals surface area contributed by atoms with Crippen LogP contribution in [-0.2, 0) is 0 Å². The second kappa shape index (κ2) is 9.19. The third-order valence-corrected chi connectivity index (χ3v) is 3.83. The summed E-state index contributed by atoms with van der Waals surface area (Å²) in [6, 6.07) is 22.0. The fourth-order valence-electron chi connectivity index (χ4n) is 2.75. The molecule has 3 heteroatoms. The minimum atomic E-state index is 0. The molecule has 0 saturated heterocycles. The second-order valence-corrected chi connectivity index (χ2v) is 6.54. The van der Waals surface area contributed by atoms with E-state index in [2.05, 4.69) is 86.3 Å². The van der Waals surface area contributed by atoms with Crippen molar-refractivity contribution in [1.29, 1.82) is 0 Å². The normalized spacial score (nSPS) is 12.5. The van der Waals surface area contributed by atoms with Crippen LogP contribution in [0.3, 0.4) is 0 Å². The van der Waals surface area contributed by atoms with Crippen molar-refractivity contribution >= 4 is 24.0 Å². The van der Waals surface area contributed by atoms with Gasteiger partial charge >= 0.3 is 0 Å². The van der Waals surface area contributed by atoms with E-state index >= 15 is 0 Å². The van der Waals surface area contributed by atoms with Gasteiger partial charge in [0.05, 0.1) is 6.04 Å². The zero-order chi connectivity index (χ0) is 15.2. The molecule has 22 heavy (non-hydrogen) atoms. The Morgan fingerprint density at radius 1 is 0.818 bits per heavy atom. The zero-order valence-electron chi connectivity index (χ0n) is 13.4. The molecular weight excluding hydrogens is 313 g/mol. The molecule has 120 valence electrons. The van der Waals surface area contributed by atoms with Crippen molar-refractivity contribution in [2.24, 2.45) is 0 Å². The van der Waals surface area contributed by atoms with Crippen molar-refractivity contribution in [3.8, 4) is 0 Å². The van der Waals surface area contributed by atoms with Crippen LogP contribution in [-0.4, -0.2) is 22.9 Å². The summed E-state index contributed by atoms with van der Waals surface area (Å²) < 4.78 is 0. The monoisotopic (exact) mass is 337 g/mol. The van der Waals surface area contributed by atoms with Gasteiger partial charge in [-0.15, -0.1) is 24.0 Å². The molecule has 0 spiro atoms. The molecule has 0 aliphatic rings. The van der Waals surface area contributed by atoms with E-state index in [9.17, 15) is 0 Å². The lowest BCUT2D eigenvalue weighted by Gasteiger charge is -2.36. The molecule has 0 aromatic heterocycles. The van der Waals surface area contributed by atoms with Gasteiger partial charge in [-0.3, -0.25) is 4.90 Å². The summed E-state index contributed by atoms with van der Waals surface area (Å²) in [6.45, 7) is 7.40. The molecule has 2 aromatic rings. The first-order valence-corrected chi connectivity index (χ1v) is 8.03. The molecule has 0 N–H and O–H groups in total. The van der Waals surface area contributed by atoms with Gasteiger partial charge in [0.15, 0.2) is 0 Å². The number of hydrogen-bond donors (Lipinski definition) is 0. The maximum atomic E-state index is 6.29. The minimum absolute atomic E-state index is 0. The van der Waals surface area contributed by atoms with Crippen LogP contribution in [0, 0.1) is 0 Å². The summed E-state index contributed by atoms with van der Waals surface area (Å²) in [7, 11) is 0. The van der Waals surface area contributed by atoms with E-state index in [-0.39, 0.29) is 23.8 Å². The predicted octanol–water partition coefficient (Wildman–Crippen LogP) is 5.54. The highest BCUT2D eigenvalue weighted by atomic mass is 35.5. The molecule has 1 unspecified atom stereocenters. The highest BCUT2D eigenvalue weighted by molar-refractivity contribution is 6.20. The van der Waals surface area contributed by atoms with Crippen molar-refractivity contribution in [1.82, 2.24) is 4.90 Å². The lowest BCUT2D eigenvalue weighted by molar-refractivity contribution is 0.179. The van der Waals surface area contributed by atoms with Gasteiger partial charge in [-0.25, -0.2) is 0 Å². The van der Waals surface area contributed by atoms with Gasteiger partial charge < -0.3 is 0 Å². The standard InChI is InChI=1S/C19H24ClN.ClH/c1-15(2)21(14-16(3)20)19(17-10-6-4-7-11-17)18-12-8-5-9-13-18;/h4-13,15-16,19H,14H2,1-3H3;1H. The summed E-state index contributed by atoms with van der Waals surface area (Å²) in [5.74, 6) is 0. The van der Waals surface area contributed by atoms with Gasteiger partial charge in [0.1, 0.15) is 0 Å². The summed E-state index contributed by atoms with van der Waals surface area (Å²) >= 11 is 6.29. The summed E-state index contributed by atoms with van der Waals surface area (Å²) in [5.41, 5.74) is 2.63. The molecule has 2 aromatic carbocycles. The minimum Gasteiger partial charge on any atom is -0.288 e. The zero-order valence-corrected chi connectivity index (χ0v) is 15.0. The number of alkyl halides is 1. The van der Waals surface area contributed by atoms with Gasteiger partial charge in [-0.05, 0) is 31.9 Å². The lowest BCUT2D eigenvalue weighted by atomic mass is 9.95. The van der Waals surface area contributed by atoms with Crippen LogP contribution in [0.25, 0.3) is 0 Å². The molecule has 2 rings (SSSR count). The van der Waals surface area contributed by atoms with Gasteiger partial charge in [-0.2, -0.15) is 0 Å². The quantitative estimate of drug-likeness (QED) is 0.626. The number of hydrogen-bond acceptors (Lipinski definition) is 1. The maximum absolute atomic E-state index is 6.29. The van der Waals surface area contributed by atoms with Crippen LogP contribution in [0.2, 0.25) is 0 Å². The first kappa shape index (κ1) is 19.0. The predicted molar refractivity (Wildman–Crippen MR) is 99.1 cm³/mol. The molecule has 0 radical (unpaired) electrons. The number of benzene rings is 2. The fraction of sp³-hybridized carbons (Fsp3) is 0.368. The van der Waals surface area contributed by atoms with E-state index in [1.54, 1.807) is 0 Å². The Morgan fingerprint density at radius 2 is 1.23 bits per heavy atom. The molecule has 0 aliphatic carbocycles. The average molecular weight is 338 g/mol. The van der Waals surface area contributed by atoms with E-state index < -0.39 is 0 Å². The van der Waals surface area contributed by atoms with Gasteiger partial charge in [0.2, 0.25) is 0 Å². The Hall–Kier alpha value is -1.02. The molecule has 1 nitrogen and oxygen atoms in total. The van der Waals surface area contributed by atoms with E-state index in [0.717, 1.165) is 6.54 Å². The van der Waals surface area contributed by atoms with Crippen LogP contribution in [0.15, 0.2) is 60.7 Å². The molecule has 0 bridgehead atoms. The van der Waals surface area contributed by atoms with Crippen molar-refractivity contribution < 1.29 is 0 Å². The average Bonchev–Trinajstić information content (AvgIpc) is 2.48. The van der Waals surface area contributed by atoms with Crippen molar-refractivity contribution in [2.75, 3.05) is 6.54 Å². The smallest absolute Gasteiger partial charge is 0.0604 e. The molecule has 0 fully saturated rings. The fourth-order valence-corrected chi connectivity index (χ4v) is 2.91. The topological polar surface area (TPSA) is 3.24 Å². The summed E-state index contributed by atoms with van der Waals surface area (Å²) in [4.78, 5) is 2.47. The van der Waals surface area contributed by atoms with Crippen LogP contribution < -0.4 is 0 Å². The third kappa shape index (κ3) is 5.01. The molecule has 0 heterocycles. The molecule has 0 amide bonds. The maximum Gasteiger partial charge on any atom is 0.0604 e. The van der Waals surface area contributed by atoms with Crippen LogP contribution in [0.1, 0.15) is 37.9 Å². The Kier molecular flexibility index (Phi) is 7.95. The summed E-state index contributed by atoms with van der Waals surface area (Å²) in [6.07, 6.45) is 0. The Morgan fingerprint density at radius 3 is 1.55 bits per heavy atom. The second-order valence-electron chi connectivity index (χ2n) is 5.80. The highest BCUT2D eigenvalue weighted by Gasteiger charge is 2.25. The molecule has 1 atom stereocenters. The Labute approximate surface area is 145 Å². The van der Waals surface area contributed by atoms with E-state index in [1.165, 1.54) is 11.1 Å². The van der Waals surface area contributed by atoms with Crippen LogP contribution in [0.5, 0.6) is 0 Å². The van der Waals surface area contributed by atoms with E-state index in [4.69, 9.17) is 11.6 Å². The number of rotatable bonds is 6. The van der Waals surface area contributed by atoms with Gasteiger partial charge in [0.25, 0.3) is 0 Å². The Balaban J connectivity index is 0.00000242. The van der Waals surface area contributed by atoms with Crippen LogP contribution >= 0.6 is 24.0 Å². The van der Waals surface area contributed by atoms with Crippen molar-refractivity contribution in [2.45, 2.75) is 38.2 Å². The number of nitrogens with zero attached hydrogens (tertiary/aromatic N) is 1. The van der Waals surface area contributed by atoms with Crippen molar-refractivity contribution in [3.63, 3.8) is 0 Å². The van der Waals surface area contributed by atoms with E-state index in [0.29, 0.717) is 6.04 Å². The van der Waals surface area contributed by atoms with Crippen molar-refractivity contribution in [3.05, 3.63) is 71.8 Å². The van der Waals surface area contributed by atoms with Gasteiger partial charge in [-0.1, -0.05) is 60.7 Å². The first-order valence-electron chi connectivity index (χ1n) is 7.59.